The molecule has 0 spiro atoms. The van der Waals surface area contributed by atoms with Crippen molar-refractivity contribution in [1.29, 1.82) is 0 Å². The van der Waals surface area contributed by atoms with Crippen LogP contribution in [-0.2, 0) is 0 Å². The standard InChI is InChI=1S/C27H39F7O2/c1-15(5-4-10-25(28,26(29,30)31)27(32,33)34)18-6-7-19-22-20(9-12-24(18,19)3)23(2)11-8-17(35)13-16(23)14-21(22)36/h14-15,17-22,35-36H,4-13H2,1-3H3/t15-,17?,18-,19+,20+,21-,22+,23+,24-/m1/s1. The molecule has 4 rings (SSSR count). The molecule has 3 fully saturated rings. The van der Waals surface area contributed by atoms with Crippen LogP contribution < -0.4 is 0 Å². The predicted molar refractivity (Wildman–Crippen MR) is 122 cm³/mol. The second-order valence-electron chi connectivity index (χ2n) is 12.7. The molecule has 4 aliphatic rings. The molecule has 9 heteroatoms. The van der Waals surface area contributed by atoms with Gasteiger partial charge in [0.1, 0.15) is 0 Å². The average molecular weight is 529 g/mol. The number of aliphatic hydroxyl groups excluding tert-OH is 2. The predicted octanol–water partition coefficient (Wildman–Crippen LogP) is 7.54. The van der Waals surface area contributed by atoms with E-state index >= 15 is 0 Å². The van der Waals surface area contributed by atoms with E-state index in [1.807, 2.05) is 13.0 Å². The number of rotatable bonds is 5. The Bertz CT molecular complexity index is 838. The Morgan fingerprint density at radius 1 is 0.917 bits per heavy atom. The number of hydrogen-bond donors (Lipinski definition) is 2. The molecular formula is C27H39F7O2. The molecule has 0 saturated heterocycles. The Kier molecular flexibility index (Phi) is 7.15. The van der Waals surface area contributed by atoms with Gasteiger partial charge in [0.2, 0.25) is 0 Å². The van der Waals surface area contributed by atoms with Crippen molar-refractivity contribution in [3.8, 4) is 0 Å². The van der Waals surface area contributed by atoms with Gasteiger partial charge in [-0.1, -0.05) is 38.8 Å². The van der Waals surface area contributed by atoms with Crippen molar-refractivity contribution < 1.29 is 40.9 Å². The summed E-state index contributed by atoms with van der Waals surface area (Å²) in [5, 5.41) is 21.4. The summed E-state index contributed by atoms with van der Waals surface area (Å²) in [4.78, 5) is 0. The molecule has 208 valence electrons. The van der Waals surface area contributed by atoms with Crippen LogP contribution in [0.25, 0.3) is 0 Å². The third kappa shape index (κ3) is 4.32. The maximum Gasteiger partial charge on any atom is 0.431 e. The Morgan fingerprint density at radius 2 is 1.56 bits per heavy atom. The monoisotopic (exact) mass is 528 g/mol. The molecule has 0 amide bonds. The Balaban J connectivity index is 1.47. The molecule has 3 saturated carbocycles. The summed E-state index contributed by atoms with van der Waals surface area (Å²) in [7, 11) is 0. The SMILES string of the molecule is C[C@H](CCCC(F)(C(F)(F)F)C(F)(F)F)[C@H]1CC[C@H]2[C@@H]3[C@H](O)C=C4CC(O)CC[C@]4(C)[C@H]3CC[C@]12C. The van der Waals surface area contributed by atoms with Gasteiger partial charge in [-0.15, -0.1) is 0 Å². The van der Waals surface area contributed by atoms with Gasteiger partial charge < -0.3 is 10.2 Å². The summed E-state index contributed by atoms with van der Waals surface area (Å²) in [5.74, 6) is 0.518. The van der Waals surface area contributed by atoms with E-state index in [-0.39, 0.29) is 52.9 Å². The van der Waals surface area contributed by atoms with Crippen LogP contribution in [0.5, 0.6) is 0 Å². The first-order valence-electron chi connectivity index (χ1n) is 13.4. The van der Waals surface area contributed by atoms with E-state index in [2.05, 4.69) is 13.8 Å². The zero-order valence-corrected chi connectivity index (χ0v) is 21.2. The minimum atomic E-state index is -5.99. The van der Waals surface area contributed by atoms with Crippen molar-refractivity contribution in [2.75, 3.05) is 0 Å². The third-order valence-corrected chi connectivity index (χ3v) is 10.9. The molecule has 0 radical (unpaired) electrons. The summed E-state index contributed by atoms with van der Waals surface area (Å²) in [6, 6.07) is 0. The first-order chi connectivity index (χ1) is 16.5. The molecule has 9 atom stereocenters. The molecule has 1 unspecified atom stereocenters. The fourth-order valence-corrected chi connectivity index (χ4v) is 8.92. The lowest BCUT2D eigenvalue weighted by molar-refractivity contribution is -0.343. The molecule has 2 nitrogen and oxygen atoms in total. The second kappa shape index (κ2) is 9.13. The van der Waals surface area contributed by atoms with Gasteiger partial charge in [0, 0.05) is 0 Å². The number of aliphatic hydroxyl groups is 2. The molecule has 36 heavy (non-hydrogen) atoms. The summed E-state index contributed by atoms with van der Waals surface area (Å²) in [6.45, 7) is 6.28. The van der Waals surface area contributed by atoms with Crippen LogP contribution in [0, 0.1) is 40.4 Å². The van der Waals surface area contributed by atoms with Gasteiger partial charge in [-0.05, 0) is 98.2 Å². The minimum absolute atomic E-state index is 0.0545. The van der Waals surface area contributed by atoms with E-state index in [4.69, 9.17) is 0 Å². The van der Waals surface area contributed by atoms with E-state index in [9.17, 15) is 40.9 Å². The number of halogens is 7. The number of fused-ring (bicyclic) bond motifs is 5. The zero-order chi connectivity index (χ0) is 26.9. The molecule has 0 bridgehead atoms. The molecular weight excluding hydrogens is 489 g/mol. The molecule has 0 aromatic heterocycles. The number of hydrogen-bond acceptors (Lipinski definition) is 2. The first kappa shape index (κ1) is 28.2. The van der Waals surface area contributed by atoms with Gasteiger partial charge in [-0.25, -0.2) is 4.39 Å². The van der Waals surface area contributed by atoms with E-state index in [1.165, 1.54) is 0 Å². The van der Waals surface area contributed by atoms with Crippen LogP contribution in [0.15, 0.2) is 11.6 Å². The molecule has 0 aromatic rings. The lowest BCUT2D eigenvalue weighted by Crippen LogP contribution is -2.55. The summed E-state index contributed by atoms with van der Waals surface area (Å²) >= 11 is 0. The van der Waals surface area contributed by atoms with E-state index < -0.39 is 37.0 Å². The van der Waals surface area contributed by atoms with Gasteiger partial charge in [0.05, 0.1) is 12.2 Å². The quantitative estimate of drug-likeness (QED) is 0.286. The van der Waals surface area contributed by atoms with Crippen LogP contribution in [0.2, 0.25) is 0 Å². The molecule has 0 aliphatic heterocycles. The second-order valence-corrected chi connectivity index (χ2v) is 12.7. The van der Waals surface area contributed by atoms with Crippen molar-refractivity contribution in [1.82, 2.24) is 0 Å². The summed E-state index contributed by atoms with van der Waals surface area (Å²) < 4.78 is 91.7. The van der Waals surface area contributed by atoms with Gasteiger partial charge in [-0.3, -0.25) is 0 Å². The Labute approximate surface area is 208 Å². The lowest BCUT2D eigenvalue weighted by Gasteiger charge is -2.59. The highest BCUT2D eigenvalue weighted by Gasteiger charge is 2.71. The van der Waals surface area contributed by atoms with Crippen molar-refractivity contribution >= 4 is 0 Å². The number of alkyl halides is 7. The van der Waals surface area contributed by atoms with Gasteiger partial charge >= 0.3 is 12.4 Å². The zero-order valence-electron chi connectivity index (χ0n) is 21.2. The van der Waals surface area contributed by atoms with E-state index in [0.29, 0.717) is 6.42 Å². The topological polar surface area (TPSA) is 40.5 Å². The first-order valence-corrected chi connectivity index (χ1v) is 13.4. The van der Waals surface area contributed by atoms with Crippen LogP contribution in [0.4, 0.5) is 30.7 Å². The fraction of sp³-hybridized carbons (Fsp3) is 0.926. The van der Waals surface area contributed by atoms with Crippen molar-refractivity contribution in [3.05, 3.63) is 11.6 Å². The summed E-state index contributed by atoms with van der Waals surface area (Å²) in [6.07, 6.45) is -7.38. The third-order valence-electron chi connectivity index (χ3n) is 10.9. The van der Waals surface area contributed by atoms with Crippen LogP contribution in [-0.4, -0.2) is 40.4 Å². The summed E-state index contributed by atoms with van der Waals surface area (Å²) in [5.41, 5.74) is -4.27. The largest absolute Gasteiger partial charge is 0.431 e. The van der Waals surface area contributed by atoms with Crippen LogP contribution in [0.3, 0.4) is 0 Å². The molecule has 4 aliphatic carbocycles. The molecule has 0 heterocycles. The van der Waals surface area contributed by atoms with Crippen molar-refractivity contribution in [2.24, 2.45) is 40.4 Å². The highest BCUT2D eigenvalue weighted by Crippen LogP contribution is 2.67. The smallest absolute Gasteiger partial charge is 0.393 e. The van der Waals surface area contributed by atoms with Crippen molar-refractivity contribution in [2.45, 2.75) is 115 Å². The van der Waals surface area contributed by atoms with E-state index in [0.717, 1.165) is 44.1 Å². The highest BCUT2D eigenvalue weighted by molar-refractivity contribution is 5.28. The lowest BCUT2D eigenvalue weighted by atomic mass is 9.46. The van der Waals surface area contributed by atoms with Crippen LogP contribution in [0.1, 0.15) is 85.0 Å². The Morgan fingerprint density at radius 3 is 2.17 bits per heavy atom. The minimum Gasteiger partial charge on any atom is -0.393 e. The maximum atomic E-state index is 14.1. The van der Waals surface area contributed by atoms with Gasteiger partial charge in [0.25, 0.3) is 5.67 Å². The van der Waals surface area contributed by atoms with Crippen molar-refractivity contribution in [3.63, 3.8) is 0 Å². The van der Waals surface area contributed by atoms with Crippen LogP contribution >= 0.6 is 0 Å². The average Bonchev–Trinajstić information content (AvgIpc) is 3.10. The molecule has 2 N–H and O–H groups in total. The van der Waals surface area contributed by atoms with Gasteiger partial charge in [0.15, 0.2) is 0 Å². The van der Waals surface area contributed by atoms with Gasteiger partial charge in [-0.2, -0.15) is 26.3 Å². The van der Waals surface area contributed by atoms with E-state index in [1.54, 1.807) is 0 Å². The fourth-order valence-electron chi connectivity index (χ4n) is 8.92. The maximum absolute atomic E-state index is 14.1. The Hall–Kier alpha value is -0.830. The normalized spacial score (nSPS) is 42.3. The highest BCUT2D eigenvalue weighted by atomic mass is 19.4. The molecule has 0 aromatic carbocycles.